The zero-order chi connectivity index (χ0) is 14.4. The van der Waals surface area contributed by atoms with Crippen LogP contribution in [0.5, 0.6) is 0 Å². The van der Waals surface area contributed by atoms with Crippen molar-refractivity contribution in [2.75, 3.05) is 13.1 Å². The van der Waals surface area contributed by atoms with Gasteiger partial charge in [-0.05, 0) is 36.8 Å². The van der Waals surface area contributed by atoms with Gasteiger partial charge < -0.3 is 15.1 Å². The summed E-state index contributed by atoms with van der Waals surface area (Å²) in [5.41, 5.74) is 6.99. The van der Waals surface area contributed by atoms with E-state index in [1.807, 2.05) is 35.2 Å². The van der Waals surface area contributed by atoms with Gasteiger partial charge in [0, 0.05) is 24.5 Å². The third kappa shape index (κ3) is 2.50. The van der Waals surface area contributed by atoms with Crippen LogP contribution in [0.3, 0.4) is 0 Å². The van der Waals surface area contributed by atoms with Gasteiger partial charge in [0.15, 0.2) is 5.76 Å². The van der Waals surface area contributed by atoms with Crippen molar-refractivity contribution < 1.29 is 9.21 Å². The Morgan fingerprint density at radius 2 is 2.05 bits per heavy atom. The zero-order valence-corrected chi connectivity index (χ0v) is 13.2. The molecule has 118 valence electrons. The van der Waals surface area contributed by atoms with Crippen LogP contribution in [0.15, 0.2) is 34.7 Å². The summed E-state index contributed by atoms with van der Waals surface area (Å²) < 4.78 is 5.70. The molecule has 2 aliphatic rings. The van der Waals surface area contributed by atoms with E-state index in [9.17, 15) is 4.79 Å². The number of carbonyl (C=O) groups is 1. The van der Waals surface area contributed by atoms with Crippen molar-refractivity contribution >= 4 is 29.3 Å². The lowest BCUT2D eigenvalue weighted by Gasteiger charge is -2.29. The second kappa shape index (κ2) is 5.94. The van der Waals surface area contributed by atoms with Crippen LogP contribution in [-0.4, -0.2) is 29.9 Å². The second-order valence-corrected chi connectivity index (χ2v) is 6.38. The lowest BCUT2D eigenvalue weighted by Crippen LogP contribution is -2.38. The molecule has 1 aliphatic carbocycles. The van der Waals surface area contributed by atoms with Crippen LogP contribution in [0.4, 0.5) is 0 Å². The molecule has 3 atom stereocenters. The maximum absolute atomic E-state index is 12.7. The summed E-state index contributed by atoms with van der Waals surface area (Å²) in [5.74, 6) is 1.49. The minimum atomic E-state index is 0. The van der Waals surface area contributed by atoms with Crippen molar-refractivity contribution in [2.45, 2.75) is 25.3 Å². The number of furan rings is 1. The Kier molecular flexibility index (Phi) is 4.15. The molecule has 22 heavy (non-hydrogen) atoms. The molecule has 3 unspecified atom stereocenters. The predicted molar refractivity (Wildman–Crippen MR) is 88.2 cm³/mol. The number of fused-ring (bicyclic) bond motifs is 2. The van der Waals surface area contributed by atoms with E-state index in [4.69, 9.17) is 10.2 Å². The number of amides is 1. The maximum Gasteiger partial charge on any atom is 0.289 e. The molecule has 1 saturated carbocycles. The standard InChI is InChI=1S/C17H20N2O2.ClH/c18-14-6-3-5-12-9-19(10-13(12)14)17(20)16-8-11-4-1-2-7-15(11)21-16;/h1-2,4,7-8,12-14H,3,5-6,9-10,18H2;1H. The monoisotopic (exact) mass is 320 g/mol. The smallest absolute Gasteiger partial charge is 0.289 e. The lowest BCUT2D eigenvalue weighted by molar-refractivity contribution is 0.0754. The average Bonchev–Trinajstić information content (AvgIpc) is 3.11. The molecule has 0 spiro atoms. The second-order valence-electron chi connectivity index (χ2n) is 6.38. The van der Waals surface area contributed by atoms with Crippen LogP contribution in [0, 0.1) is 11.8 Å². The van der Waals surface area contributed by atoms with Crippen molar-refractivity contribution in [2.24, 2.45) is 17.6 Å². The summed E-state index contributed by atoms with van der Waals surface area (Å²) in [6.45, 7) is 1.61. The highest BCUT2D eigenvalue weighted by Crippen LogP contribution is 2.36. The molecule has 2 N–H and O–H groups in total. The van der Waals surface area contributed by atoms with Crippen LogP contribution in [0.25, 0.3) is 11.0 Å². The van der Waals surface area contributed by atoms with E-state index in [0.717, 1.165) is 30.5 Å². The number of para-hydroxylation sites is 1. The summed E-state index contributed by atoms with van der Waals surface area (Å²) in [4.78, 5) is 14.6. The van der Waals surface area contributed by atoms with Crippen molar-refractivity contribution in [3.63, 3.8) is 0 Å². The third-order valence-corrected chi connectivity index (χ3v) is 5.08. The molecule has 0 bridgehead atoms. The summed E-state index contributed by atoms with van der Waals surface area (Å²) in [5, 5.41) is 0.981. The number of likely N-dealkylation sites (tertiary alicyclic amines) is 1. The van der Waals surface area contributed by atoms with Crippen molar-refractivity contribution in [3.05, 3.63) is 36.1 Å². The van der Waals surface area contributed by atoms with E-state index >= 15 is 0 Å². The minimum absolute atomic E-state index is 0. The van der Waals surface area contributed by atoms with Gasteiger partial charge in [-0.15, -0.1) is 12.4 Å². The summed E-state index contributed by atoms with van der Waals surface area (Å²) in [7, 11) is 0. The Morgan fingerprint density at radius 3 is 2.82 bits per heavy atom. The Bertz CT molecular complexity index is 651. The quantitative estimate of drug-likeness (QED) is 0.878. The van der Waals surface area contributed by atoms with Crippen LogP contribution in [-0.2, 0) is 0 Å². The number of nitrogens with zero attached hydrogens (tertiary/aromatic N) is 1. The SMILES string of the molecule is Cl.NC1CCCC2CN(C(=O)c3cc4ccccc4o3)CC12. The fraction of sp³-hybridized carbons (Fsp3) is 0.471. The van der Waals surface area contributed by atoms with Gasteiger partial charge in [-0.1, -0.05) is 24.6 Å². The van der Waals surface area contributed by atoms with E-state index in [1.54, 1.807) is 0 Å². The highest BCUT2D eigenvalue weighted by atomic mass is 35.5. The third-order valence-electron chi connectivity index (χ3n) is 5.08. The number of nitrogens with two attached hydrogens (primary N) is 1. The summed E-state index contributed by atoms with van der Waals surface area (Å²) in [6.07, 6.45) is 3.48. The van der Waals surface area contributed by atoms with E-state index in [2.05, 4.69) is 0 Å². The fourth-order valence-electron chi connectivity index (χ4n) is 3.93. The Labute approximate surface area is 136 Å². The molecule has 1 aliphatic heterocycles. The number of hydrogen-bond donors (Lipinski definition) is 1. The van der Waals surface area contributed by atoms with Crippen LogP contribution < -0.4 is 5.73 Å². The first-order chi connectivity index (χ1) is 10.2. The molecular formula is C17H21ClN2O2. The lowest BCUT2D eigenvalue weighted by atomic mass is 9.78. The molecule has 2 fully saturated rings. The molecule has 1 aromatic carbocycles. The molecule has 1 saturated heterocycles. The molecule has 5 heteroatoms. The van der Waals surface area contributed by atoms with Crippen molar-refractivity contribution in [1.29, 1.82) is 0 Å². The first kappa shape index (κ1) is 15.4. The first-order valence-corrected chi connectivity index (χ1v) is 7.76. The summed E-state index contributed by atoms with van der Waals surface area (Å²) in [6, 6.07) is 9.83. The van der Waals surface area contributed by atoms with Gasteiger partial charge in [0.05, 0.1) is 0 Å². The van der Waals surface area contributed by atoms with Crippen LogP contribution in [0.2, 0.25) is 0 Å². The van der Waals surface area contributed by atoms with Gasteiger partial charge in [-0.3, -0.25) is 4.79 Å². The molecule has 0 radical (unpaired) electrons. The highest BCUT2D eigenvalue weighted by molar-refractivity contribution is 5.96. The van der Waals surface area contributed by atoms with E-state index in [0.29, 0.717) is 17.6 Å². The zero-order valence-electron chi connectivity index (χ0n) is 12.4. The topological polar surface area (TPSA) is 59.5 Å². The molecule has 4 nitrogen and oxygen atoms in total. The van der Waals surface area contributed by atoms with Gasteiger partial charge in [0.2, 0.25) is 0 Å². The summed E-state index contributed by atoms with van der Waals surface area (Å²) >= 11 is 0. The molecule has 2 aromatic rings. The molecule has 2 heterocycles. The van der Waals surface area contributed by atoms with Crippen LogP contribution in [0.1, 0.15) is 29.8 Å². The van der Waals surface area contributed by atoms with Crippen molar-refractivity contribution in [1.82, 2.24) is 4.90 Å². The minimum Gasteiger partial charge on any atom is -0.451 e. The van der Waals surface area contributed by atoms with E-state index in [-0.39, 0.29) is 24.4 Å². The molecule has 1 amide bonds. The Morgan fingerprint density at radius 1 is 1.23 bits per heavy atom. The fourth-order valence-corrected chi connectivity index (χ4v) is 3.93. The largest absolute Gasteiger partial charge is 0.451 e. The predicted octanol–water partition coefficient (Wildman–Crippen LogP) is 3.05. The number of benzene rings is 1. The van der Waals surface area contributed by atoms with Gasteiger partial charge >= 0.3 is 0 Å². The molecule has 1 aromatic heterocycles. The van der Waals surface area contributed by atoms with Gasteiger partial charge in [0.1, 0.15) is 5.58 Å². The Balaban J connectivity index is 0.00000144. The maximum atomic E-state index is 12.7. The van der Waals surface area contributed by atoms with Gasteiger partial charge in [-0.2, -0.15) is 0 Å². The number of hydrogen-bond acceptors (Lipinski definition) is 3. The number of rotatable bonds is 1. The highest BCUT2D eigenvalue weighted by Gasteiger charge is 2.41. The van der Waals surface area contributed by atoms with Crippen LogP contribution >= 0.6 is 12.4 Å². The first-order valence-electron chi connectivity index (χ1n) is 7.76. The van der Waals surface area contributed by atoms with E-state index < -0.39 is 0 Å². The number of carbonyl (C=O) groups excluding carboxylic acids is 1. The van der Waals surface area contributed by atoms with Gasteiger partial charge in [-0.25, -0.2) is 0 Å². The average molecular weight is 321 g/mol. The van der Waals surface area contributed by atoms with Crippen molar-refractivity contribution in [3.8, 4) is 0 Å². The number of halogens is 1. The molecule has 4 rings (SSSR count). The van der Waals surface area contributed by atoms with Gasteiger partial charge in [0.25, 0.3) is 5.91 Å². The Hall–Kier alpha value is -1.52. The van der Waals surface area contributed by atoms with E-state index in [1.165, 1.54) is 12.8 Å². The molecular weight excluding hydrogens is 300 g/mol. The normalized spacial score (nSPS) is 27.5.